The Morgan fingerprint density at radius 2 is 1.67 bits per heavy atom. The third-order valence-electron chi connectivity index (χ3n) is 6.37. The second-order valence-corrected chi connectivity index (χ2v) is 8.24. The van der Waals surface area contributed by atoms with Gasteiger partial charge in [-0.15, -0.1) is 17.0 Å². The van der Waals surface area contributed by atoms with E-state index in [0.717, 1.165) is 40.7 Å². The van der Waals surface area contributed by atoms with Crippen molar-refractivity contribution in [1.29, 1.82) is 0 Å². The molecule has 1 aromatic heterocycles. The molecule has 0 N–H and O–H groups in total. The van der Waals surface area contributed by atoms with Gasteiger partial charge in [-0.2, -0.15) is 4.57 Å². The highest BCUT2D eigenvalue weighted by atomic mass is 79.9. The SMILES string of the molecule is Br.COc1cc2c(cc1OC)-c1cc3ccc(OC)c(OCc4ccccc4[N+](=O)[O-])c3c[n+]1CC2. The molecule has 0 saturated heterocycles. The Labute approximate surface area is 218 Å². The summed E-state index contributed by atoms with van der Waals surface area (Å²) < 4.78 is 25.0. The van der Waals surface area contributed by atoms with Gasteiger partial charge < -0.3 is 18.9 Å². The maximum atomic E-state index is 11.4. The van der Waals surface area contributed by atoms with Crippen molar-refractivity contribution in [3.63, 3.8) is 0 Å². The largest absolute Gasteiger partial charge is 0.493 e. The van der Waals surface area contributed by atoms with E-state index in [1.807, 2.05) is 24.3 Å². The summed E-state index contributed by atoms with van der Waals surface area (Å²) in [6.45, 7) is 0.836. The van der Waals surface area contributed by atoms with Crippen LogP contribution < -0.4 is 23.5 Å². The minimum Gasteiger partial charge on any atom is -0.493 e. The molecule has 5 rings (SSSR count). The van der Waals surface area contributed by atoms with E-state index in [-0.39, 0.29) is 29.3 Å². The molecular weight excluding hydrogens is 528 g/mol. The van der Waals surface area contributed by atoms with Gasteiger partial charge in [-0.1, -0.05) is 12.1 Å². The molecule has 0 amide bonds. The topological polar surface area (TPSA) is 83.9 Å². The summed E-state index contributed by atoms with van der Waals surface area (Å²) in [5, 5.41) is 13.3. The quantitative estimate of drug-likeness (QED) is 0.172. The van der Waals surface area contributed by atoms with E-state index in [1.54, 1.807) is 39.5 Å². The van der Waals surface area contributed by atoms with Gasteiger partial charge in [0, 0.05) is 18.6 Å². The molecule has 0 atom stereocenters. The van der Waals surface area contributed by atoms with Crippen molar-refractivity contribution in [2.75, 3.05) is 21.3 Å². The van der Waals surface area contributed by atoms with E-state index in [2.05, 4.69) is 16.8 Å². The zero-order valence-electron chi connectivity index (χ0n) is 20.1. The summed E-state index contributed by atoms with van der Waals surface area (Å²) in [6, 6.07) is 16.6. The maximum Gasteiger partial charge on any atom is 0.276 e. The molecule has 0 bridgehead atoms. The fraction of sp³-hybridized carbons (Fsp3) is 0.222. The molecule has 4 aromatic rings. The molecule has 0 unspecified atom stereocenters. The monoisotopic (exact) mass is 553 g/mol. The Bertz CT molecular complexity index is 1460. The first kappa shape index (κ1) is 25.2. The summed E-state index contributed by atoms with van der Waals surface area (Å²) >= 11 is 0. The van der Waals surface area contributed by atoms with E-state index >= 15 is 0 Å². The number of nitro groups is 1. The number of hydrogen-bond donors (Lipinski definition) is 0. The van der Waals surface area contributed by atoms with E-state index in [0.29, 0.717) is 22.8 Å². The highest BCUT2D eigenvalue weighted by Crippen LogP contribution is 2.40. The minimum atomic E-state index is -0.397. The molecule has 0 spiro atoms. The number of nitrogens with zero attached hydrogens (tertiary/aromatic N) is 2. The molecule has 0 fully saturated rings. The molecule has 1 aliphatic rings. The predicted octanol–water partition coefficient (Wildman–Crippen LogP) is 5.44. The number of halogens is 1. The molecule has 8 nitrogen and oxygen atoms in total. The Balaban J connectivity index is 0.00000304. The third-order valence-corrected chi connectivity index (χ3v) is 6.37. The highest BCUT2D eigenvalue weighted by molar-refractivity contribution is 8.93. The molecule has 36 heavy (non-hydrogen) atoms. The molecule has 0 radical (unpaired) electrons. The van der Waals surface area contributed by atoms with Crippen molar-refractivity contribution in [2.45, 2.75) is 19.6 Å². The number of ether oxygens (including phenoxy) is 4. The summed E-state index contributed by atoms with van der Waals surface area (Å²) in [6.07, 6.45) is 2.90. The smallest absolute Gasteiger partial charge is 0.276 e. The number of benzene rings is 3. The first-order chi connectivity index (χ1) is 17.0. The van der Waals surface area contributed by atoms with Gasteiger partial charge in [0.2, 0.25) is 5.69 Å². The van der Waals surface area contributed by atoms with Crippen LogP contribution in [0, 0.1) is 10.1 Å². The van der Waals surface area contributed by atoms with Crippen molar-refractivity contribution in [3.05, 3.63) is 82.0 Å². The van der Waals surface area contributed by atoms with Crippen LogP contribution in [0.25, 0.3) is 22.0 Å². The van der Waals surface area contributed by atoms with Crippen LogP contribution in [0.2, 0.25) is 0 Å². The number of aromatic nitrogens is 1. The van der Waals surface area contributed by atoms with Gasteiger partial charge in [-0.05, 0) is 41.3 Å². The van der Waals surface area contributed by atoms with Crippen LogP contribution in [-0.2, 0) is 19.6 Å². The number of methoxy groups -OCH3 is 3. The minimum absolute atomic E-state index is 0. The lowest BCUT2D eigenvalue weighted by atomic mass is 9.95. The van der Waals surface area contributed by atoms with Crippen LogP contribution in [0.1, 0.15) is 11.1 Å². The number of pyridine rings is 1. The normalized spacial score (nSPS) is 11.6. The Hall–Kier alpha value is -3.85. The van der Waals surface area contributed by atoms with Gasteiger partial charge in [0.05, 0.1) is 42.8 Å². The maximum absolute atomic E-state index is 11.4. The van der Waals surface area contributed by atoms with Crippen LogP contribution in [0.3, 0.4) is 0 Å². The molecule has 3 aromatic carbocycles. The fourth-order valence-corrected chi connectivity index (χ4v) is 4.60. The molecule has 186 valence electrons. The Morgan fingerprint density at radius 3 is 2.39 bits per heavy atom. The second-order valence-electron chi connectivity index (χ2n) is 8.24. The molecule has 0 aliphatic carbocycles. The van der Waals surface area contributed by atoms with E-state index in [1.165, 1.54) is 11.6 Å². The average Bonchev–Trinajstić information content (AvgIpc) is 2.89. The molecule has 1 aliphatic heterocycles. The molecule has 9 heteroatoms. The van der Waals surface area contributed by atoms with Gasteiger partial charge in [-0.25, -0.2) is 0 Å². The fourth-order valence-electron chi connectivity index (χ4n) is 4.60. The van der Waals surface area contributed by atoms with Crippen molar-refractivity contribution >= 4 is 33.4 Å². The second kappa shape index (κ2) is 10.4. The van der Waals surface area contributed by atoms with Crippen molar-refractivity contribution < 1.29 is 28.4 Å². The molecule has 2 heterocycles. The standard InChI is InChI=1S/C27H25N2O6.BrH/c1-32-24-9-8-17-12-23-20-14-26(34-3)25(33-2)13-18(20)10-11-28(23)15-21(17)27(24)35-16-19-6-4-5-7-22(19)29(30)31;/h4-9,12-15H,10-11,16H2,1-3H3;1H/q+1;. The van der Waals surface area contributed by atoms with E-state index in [9.17, 15) is 10.1 Å². The average molecular weight is 554 g/mol. The zero-order valence-corrected chi connectivity index (χ0v) is 21.9. The van der Waals surface area contributed by atoms with E-state index < -0.39 is 4.92 Å². The van der Waals surface area contributed by atoms with Gasteiger partial charge in [-0.3, -0.25) is 10.1 Å². The van der Waals surface area contributed by atoms with Gasteiger partial charge in [0.25, 0.3) is 5.69 Å². The van der Waals surface area contributed by atoms with Crippen molar-refractivity contribution in [3.8, 4) is 34.3 Å². The highest BCUT2D eigenvalue weighted by Gasteiger charge is 2.27. The van der Waals surface area contributed by atoms with Crippen molar-refractivity contribution in [1.82, 2.24) is 0 Å². The summed E-state index contributed by atoms with van der Waals surface area (Å²) in [5.74, 6) is 2.52. The number of hydrogen-bond acceptors (Lipinski definition) is 6. The summed E-state index contributed by atoms with van der Waals surface area (Å²) in [4.78, 5) is 11.0. The lowest BCUT2D eigenvalue weighted by Crippen LogP contribution is -2.40. The van der Waals surface area contributed by atoms with Crippen LogP contribution >= 0.6 is 17.0 Å². The lowest BCUT2D eigenvalue weighted by molar-refractivity contribution is -0.686. The van der Waals surface area contributed by atoms with Gasteiger partial charge in [0.1, 0.15) is 6.61 Å². The zero-order chi connectivity index (χ0) is 24.5. The lowest BCUT2D eigenvalue weighted by Gasteiger charge is -2.19. The number of nitro benzene ring substituents is 1. The third kappa shape index (κ3) is 4.42. The predicted molar refractivity (Wildman–Crippen MR) is 141 cm³/mol. The van der Waals surface area contributed by atoms with Gasteiger partial charge >= 0.3 is 0 Å². The molecular formula is C27H26BrN2O6+. The Morgan fingerprint density at radius 1 is 0.944 bits per heavy atom. The van der Waals surface area contributed by atoms with Gasteiger partial charge in [0.15, 0.2) is 35.7 Å². The summed E-state index contributed by atoms with van der Waals surface area (Å²) in [7, 11) is 4.86. The van der Waals surface area contributed by atoms with Crippen LogP contribution in [0.5, 0.6) is 23.0 Å². The van der Waals surface area contributed by atoms with Crippen molar-refractivity contribution in [2.24, 2.45) is 0 Å². The number of aryl methyl sites for hydroxylation is 2. The number of rotatable bonds is 7. The Kier molecular flexibility index (Phi) is 7.30. The van der Waals surface area contributed by atoms with E-state index in [4.69, 9.17) is 18.9 Å². The molecule has 0 saturated carbocycles. The number of para-hydroxylation sites is 1. The van der Waals surface area contributed by atoms with Crippen LogP contribution in [0.4, 0.5) is 5.69 Å². The first-order valence-corrected chi connectivity index (χ1v) is 11.2. The number of fused-ring (bicyclic) bond motifs is 4. The van der Waals surface area contributed by atoms with Crippen LogP contribution in [-0.4, -0.2) is 26.3 Å². The first-order valence-electron chi connectivity index (χ1n) is 11.2. The summed E-state index contributed by atoms with van der Waals surface area (Å²) in [5.41, 5.74) is 3.88. The van der Waals surface area contributed by atoms with Crippen LogP contribution in [0.15, 0.2) is 60.8 Å².